The highest BCUT2D eigenvalue weighted by Crippen LogP contribution is 2.25. The number of fused-ring (bicyclic) bond motifs is 1. The number of aromatic amines is 1. The van der Waals surface area contributed by atoms with Gasteiger partial charge < -0.3 is 10.3 Å². The molecule has 1 aliphatic rings. The van der Waals surface area contributed by atoms with E-state index in [-0.39, 0.29) is 5.91 Å². The van der Waals surface area contributed by atoms with Crippen LogP contribution in [0.4, 0.5) is 0 Å². The van der Waals surface area contributed by atoms with Crippen LogP contribution in [0.5, 0.6) is 0 Å². The number of likely N-dealkylation sites (tertiary alicyclic amines) is 1. The van der Waals surface area contributed by atoms with E-state index in [9.17, 15) is 4.79 Å². The first-order chi connectivity index (χ1) is 10.6. The Bertz CT molecular complexity index is 695. The number of H-pyrrole nitrogens is 1. The van der Waals surface area contributed by atoms with Crippen molar-refractivity contribution in [3.63, 3.8) is 0 Å². The molecule has 1 aromatic heterocycles. The van der Waals surface area contributed by atoms with Crippen LogP contribution in [0.25, 0.3) is 10.9 Å². The summed E-state index contributed by atoms with van der Waals surface area (Å²) < 4.78 is 1.03. The summed E-state index contributed by atoms with van der Waals surface area (Å²) in [6.45, 7) is 7.11. The van der Waals surface area contributed by atoms with Gasteiger partial charge in [-0.3, -0.25) is 9.69 Å². The molecule has 2 heterocycles. The molecular formula is C17H22BrN3O. The minimum Gasteiger partial charge on any atom is -0.350 e. The highest BCUT2D eigenvalue weighted by Gasteiger charge is 2.24. The van der Waals surface area contributed by atoms with Crippen LogP contribution >= 0.6 is 15.9 Å². The lowest BCUT2D eigenvalue weighted by molar-refractivity contribution is 0.0936. The van der Waals surface area contributed by atoms with Gasteiger partial charge in [0.25, 0.3) is 5.91 Å². The number of aryl methyl sites for hydroxylation is 1. The molecule has 1 atom stereocenters. The molecule has 1 amide bonds. The topological polar surface area (TPSA) is 48.1 Å². The van der Waals surface area contributed by atoms with Gasteiger partial charge in [-0.05, 0) is 56.6 Å². The molecule has 0 unspecified atom stereocenters. The van der Waals surface area contributed by atoms with Gasteiger partial charge in [-0.1, -0.05) is 22.9 Å². The lowest BCUT2D eigenvalue weighted by atomic mass is 10.1. The minimum absolute atomic E-state index is 0.00669. The van der Waals surface area contributed by atoms with Crippen LogP contribution in [-0.4, -0.2) is 41.5 Å². The Hall–Kier alpha value is -1.33. The SMILES string of the molecule is CCN1CCC[C@H]1CNC(=O)c1[nH]c2ccc(Br)cc2c1C. The van der Waals surface area contributed by atoms with E-state index < -0.39 is 0 Å². The number of amides is 1. The molecule has 22 heavy (non-hydrogen) atoms. The van der Waals surface area contributed by atoms with E-state index in [1.54, 1.807) is 0 Å². The fraction of sp³-hybridized carbons (Fsp3) is 0.471. The van der Waals surface area contributed by atoms with Gasteiger partial charge in [0.2, 0.25) is 0 Å². The van der Waals surface area contributed by atoms with Crippen LogP contribution in [0.2, 0.25) is 0 Å². The number of nitrogens with zero attached hydrogens (tertiary/aromatic N) is 1. The standard InChI is InChI=1S/C17H22BrN3O/c1-3-21-8-4-5-13(21)10-19-17(22)16-11(2)14-9-12(18)6-7-15(14)20-16/h6-7,9,13,20H,3-5,8,10H2,1-2H3,(H,19,22)/t13-/m0/s1. The summed E-state index contributed by atoms with van der Waals surface area (Å²) in [7, 11) is 0. The second-order valence-electron chi connectivity index (χ2n) is 5.95. The van der Waals surface area contributed by atoms with Crippen LogP contribution < -0.4 is 5.32 Å². The number of halogens is 1. The summed E-state index contributed by atoms with van der Waals surface area (Å²) in [5.41, 5.74) is 2.68. The molecule has 0 spiro atoms. The van der Waals surface area contributed by atoms with Gasteiger partial charge in [-0.25, -0.2) is 0 Å². The molecule has 5 heteroatoms. The molecule has 2 aromatic rings. The summed E-state index contributed by atoms with van der Waals surface area (Å²) in [5, 5.41) is 4.19. The second-order valence-corrected chi connectivity index (χ2v) is 6.87. The van der Waals surface area contributed by atoms with Crippen LogP contribution in [0.15, 0.2) is 22.7 Å². The molecule has 0 bridgehead atoms. The molecule has 0 aliphatic carbocycles. The Kier molecular flexibility index (Phi) is 4.54. The average Bonchev–Trinajstić information content (AvgIpc) is 3.10. The van der Waals surface area contributed by atoms with Crippen LogP contribution in [0.3, 0.4) is 0 Å². The maximum absolute atomic E-state index is 12.5. The third kappa shape index (κ3) is 2.92. The third-order valence-electron chi connectivity index (χ3n) is 4.65. The monoisotopic (exact) mass is 363 g/mol. The number of rotatable bonds is 4. The van der Waals surface area contributed by atoms with Crippen molar-refractivity contribution in [3.05, 3.63) is 33.9 Å². The fourth-order valence-electron chi connectivity index (χ4n) is 3.37. The Morgan fingerprint density at radius 1 is 1.50 bits per heavy atom. The van der Waals surface area contributed by atoms with Crippen molar-refractivity contribution in [2.24, 2.45) is 0 Å². The third-order valence-corrected chi connectivity index (χ3v) is 5.14. The maximum Gasteiger partial charge on any atom is 0.268 e. The van der Waals surface area contributed by atoms with Crippen molar-refractivity contribution in [2.45, 2.75) is 32.7 Å². The van der Waals surface area contributed by atoms with Crippen molar-refractivity contribution < 1.29 is 4.79 Å². The molecule has 118 valence electrons. The molecule has 2 N–H and O–H groups in total. The highest BCUT2D eigenvalue weighted by molar-refractivity contribution is 9.10. The first-order valence-electron chi connectivity index (χ1n) is 7.90. The predicted octanol–water partition coefficient (Wildman–Crippen LogP) is 3.45. The van der Waals surface area contributed by atoms with E-state index in [0.717, 1.165) is 40.6 Å². The first-order valence-corrected chi connectivity index (χ1v) is 8.69. The molecule has 0 saturated carbocycles. The number of carbonyl (C=O) groups is 1. The van der Waals surface area contributed by atoms with Gasteiger partial charge in [-0.15, -0.1) is 0 Å². The van der Waals surface area contributed by atoms with E-state index in [1.165, 1.54) is 12.8 Å². The van der Waals surface area contributed by atoms with Crippen molar-refractivity contribution >= 4 is 32.7 Å². The minimum atomic E-state index is -0.00669. The molecule has 1 aliphatic heterocycles. The number of hydrogen-bond donors (Lipinski definition) is 2. The molecular weight excluding hydrogens is 342 g/mol. The average molecular weight is 364 g/mol. The normalized spacial score (nSPS) is 19.0. The Morgan fingerprint density at radius 3 is 3.09 bits per heavy atom. The molecule has 1 aromatic carbocycles. The van der Waals surface area contributed by atoms with Crippen molar-refractivity contribution in [2.75, 3.05) is 19.6 Å². The van der Waals surface area contributed by atoms with Crippen LogP contribution in [-0.2, 0) is 0 Å². The van der Waals surface area contributed by atoms with E-state index in [1.807, 2.05) is 25.1 Å². The van der Waals surface area contributed by atoms with E-state index in [0.29, 0.717) is 11.7 Å². The van der Waals surface area contributed by atoms with E-state index in [2.05, 4.69) is 38.1 Å². The predicted molar refractivity (Wildman–Crippen MR) is 93.3 cm³/mol. The van der Waals surface area contributed by atoms with Gasteiger partial charge in [0.05, 0.1) is 0 Å². The van der Waals surface area contributed by atoms with Crippen molar-refractivity contribution in [1.29, 1.82) is 0 Å². The van der Waals surface area contributed by atoms with Crippen LogP contribution in [0.1, 0.15) is 35.8 Å². The zero-order valence-corrected chi connectivity index (χ0v) is 14.7. The largest absolute Gasteiger partial charge is 0.350 e. The number of likely N-dealkylation sites (N-methyl/N-ethyl adjacent to an activating group) is 1. The smallest absolute Gasteiger partial charge is 0.268 e. The number of nitrogens with one attached hydrogen (secondary N) is 2. The quantitative estimate of drug-likeness (QED) is 0.873. The van der Waals surface area contributed by atoms with Gasteiger partial charge >= 0.3 is 0 Å². The lowest BCUT2D eigenvalue weighted by Crippen LogP contribution is -2.40. The first kappa shape index (κ1) is 15.6. The maximum atomic E-state index is 12.5. The van der Waals surface area contributed by atoms with Gasteiger partial charge in [-0.2, -0.15) is 0 Å². The summed E-state index contributed by atoms with van der Waals surface area (Å²) in [4.78, 5) is 18.2. The number of hydrogen-bond acceptors (Lipinski definition) is 2. The van der Waals surface area contributed by atoms with E-state index in [4.69, 9.17) is 0 Å². The highest BCUT2D eigenvalue weighted by atomic mass is 79.9. The zero-order chi connectivity index (χ0) is 15.7. The summed E-state index contributed by atoms with van der Waals surface area (Å²) >= 11 is 3.48. The summed E-state index contributed by atoms with van der Waals surface area (Å²) in [5.74, 6) is -0.00669. The number of carbonyl (C=O) groups excluding carboxylic acids is 1. The summed E-state index contributed by atoms with van der Waals surface area (Å²) in [6.07, 6.45) is 2.40. The summed E-state index contributed by atoms with van der Waals surface area (Å²) in [6, 6.07) is 6.51. The molecule has 3 rings (SSSR count). The van der Waals surface area contributed by atoms with Gasteiger partial charge in [0.1, 0.15) is 5.69 Å². The van der Waals surface area contributed by atoms with Crippen molar-refractivity contribution in [3.8, 4) is 0 Å². The Labute approximate surface area is 139 Å². The van der Waals surface area contributed by atoms with E-state index >= 15 is 0 Å². The number of aromatic nitrogens is 1. The Balaban J connectivity index is 1.74. The van der Waals surface area contributed by atoms with Crippen molar-refractivity contribution in [1.82, 2.24) is 15.2 Å². The molecule has 4 nitrogen and oxygen atoms in total. The molecule has 0 radical (unpaired) electrons. The molecule has 1 saturated heterocycles. The van der Waals surface area contributed by atoms with Gasteiger partial charge in [0.15, 0.2) is 0 Å². The lowest BCUT2D eigenvalue weighted by Gasteiger charge is -2.22. The molecule has 1 fully saturated rings. The fourth-order valence-corrected chi connectivity index (χ4v) is 3.73. The van der Waals surface area contributed by atoms with Gasteiger partial charge in [0, 0.05) is 28.0 Å². The second kappa shape index (κ2) is 6.42. The van der Waals surface area contributed by atoms with Crippen LogP contribution in [0, 0.1) is 6.92 Å². The Morgan fingerprint density at radius 2 is 2.32 bits per heavy atom. The zero-order valence-electron chi connectivity index (χ0n) is 13.1. The number of benzene rings is 1.